The molecular formula is C13H15ClN2OS. The van der Waals surface area contributed by atoms with Gasteiger partial charge in [-0.15, -0.1) is 0 Å². The summed E-state index contributed by atoms with van der Waals surface area (Å²) in [5, 5.41) is 13.0. The third-order valence-electron chi connectivity index (χ3n) is 3.55. The summed E-state index contributed by atoms with van der Waals surface area (Å²) < 4.78 is 0. The molecule has 0 saturated carbocycles. The Morgan fingerprint density at radius 2 is 2.22 bits per heavy atom. The standard InChI is InChI=1S/C13H15ClN2OS/c1-2-11-13(17,9-3-5-10(14)6-4-9)16-8-7-15-12(16)18-11/h3-6,11,17H,2,7-8H2,1H3/t11-,13+/m1/s1. The van der Waals surface area contributed by atoms with Crippen LogP contribution in [0.4, 0.5) is 0 Å². The van der Waals surface area contributed by atoms with Gasteiger partial charge in [-0.25, -0.2) is 0 Å². The van der Waals surface area contributed by atoms with E-state index in [-0.39, 0.29) is 5.25 Å². The molecule has 0 bridgehead atoms. The Labute approximate surface area is 116 Å². The molecule has 96 valence electrons. The fourth-order valence-corrected chi connectivity index (χ4v) is 4.13. The van der Waals surface area contributed by atoms with Crippen molar-refractivity contribution in [3.63, 3.8) is 0 Å². The van der Waals surface area contributed by atoms with Gasteiger partial charge in [0.05, 0.1) is 11.8 Å². The number of aliphatic hydroxyl groups is 1. The van der Waals surface area contributed by atoms with Crippen LogP contribution in [0, 0.1) is 0 Å². The SMILES string of the molecule is CC[C@H]1SC2=NCCN2[C@]1(O)c1ccc(Cl)cc1. The Kier molecular flexibility index (Phi) is 3.04. The van der Waals surface area contributed by atoms with Gasteiger partial charge >= 0.3 is 0 Å². The van der Waals surface area contributed by atoms with Gasteiger partial charge in [-0.1, -0.05) is 42.4 Å². The second kappa shape index (κ2) is 4.44. The minimum Gasteiger partial charge on any atom is -0.366 e. The van der Waals surface area contributed by atoms with Crippen molar-refractivity contribution in [2.24, 2.45) is 4.99 Å². The number of nitrogens with zero attached hydrogens (tertiary/aromatic N) is 2. The Morgan fingerprint density at radius 3 is 2.89 bits per heavy atom. The van der Waals surface area contributed by atoms with E-state index in [0.717, 1.165) is 30.2 Å². The molecule has 5 heteroatoms. The van der Waals surface area contributed by atoms with E-state index in [1.54, 1.807) is 11.8 Å². The Morgan fingerprint density at radius 1 is 1.50 bits per heavy atom. The number of rotatable bonds is 2. The van der Waals surface area contributed by atoms with E-state index in [1.165, 1.54) is 0 Å². The average Bonchev–Trinajstić information content (AvgIpc) is 2.93. The third kappa shape index (κ3) is 1.67. The summed E-state index contributed by atoms with van der Waals surface area (Å²) in [5.74, 6) is 0. The van der Waals surface area contributed by atoms with Crippen LogP contribution in [0.2, 0.25) is 5.02 Å². The van der Waals surface area contributed by atoms with Crippen molar-refractivity contribution in [1.82, 2.24) is 4.90 Å². The highest BCUT2D eigenvalue weighted by molar-refractivity contribution is 8.14. The number of hydrogen-bond donors (Lipinski definition) is 1. The van der Waals surface area contributed by atoms with Crippen molar-refractivity contribution in [3.8, 4) is 0 Å². The number of amidine groups is 1. The summed E-state index contributed by atoms with van der Waals surface area (Å²) in [6.07, 6.45) is 0.902. The Hall–Kier alpha value is -0.710. The van der Waals surface area contributed by atoms with Gasteiger partial charge in [0.25, 0.3) is 0 Å². The lowest BCUT2D eigenvalue weighted by molar-refractivity contribution is -0.0663. The molecule has 2 aliphatic heterocycles. The van der Waals surface area contributed by atoms with Gasteiger partial charge in [0.1, 0.15) is 0 Å². The molecule has 1 fully saturated rings. The largest absolute Gasteiger partial charge is 0.366 e. The maximum atomic E-state index is 11.2. The molecule has 0 amide bonds. The molecule has 2 atom stereocenters. The van der Waals surface area contributed by atoms with Crippen molar-refractivity contribution >= 4 is 28.5 Å². The predicted octanol–water partition coefficient (Wildman–Crippen LogP) is 2.68. The first kappa shape index (κ1) is 12.3. The molecule has 1 aromatic rings. The summed E-state index contributed by atoms with van der Waals surface area (Å²) in [5.41, 5.74) is -0.0439. The fraction of sp³-hybridized carbons (Fsp3) is 0.462. The molecule has 18 heavy (non-hydrogen) atoms. The summed E-state index contributed by atoms with van der Waals surface area (Å²) in [4.78, 5) is 6.48. The number of hydrogen-bond acceptors (Lipinski definition) is 4. The number of aliphatic imine (C=N–C) groups is 1. The average molecular weight is 283 g/mol. The zero-order valence-corrected chi connectivity index (χ0v) is 11.7. The van der Waals surface area contributed by atoms with Crippen molar-refractivity contribution in [2.45, 2.75) is 24.3 Å². The van der Waals surface area contributed by atoms with Gasteiger partial charge in [-0.3, -0.25) is 4.99 Å². The van der Waals surface area contributed by atoms with Crippen LogP contribution in [0.15, 0.2) is 29.3 Å². The Balaban J connectivity index is 2.05. The van der Waals surface area contributed by atoms with E-state index < -0.39 is 5.72 Å². The smallest absolute Gasteiger partial charge is 0.178 e. The van der Waals surface area contributed by atoms with E-state index in [0.29, 0.717) is 5.02 Å². The van der Waals surface area contributed by atoms with Crippen LogP contribution >= 0.6 is 23.4 Å². The third-order valence-corrected chi connectivity index (χ3v) is 5.31. The van der Waals surface area contributed by atoms with Crippen LogP contribution in [0.25, 0.3) is 0 Å². The summed E-state index contributed by atoms with van der Waals surface area (Å²) >= 11 is 7.60. The minimum atomic E-state index is -0.945. The molecule has 0 radical (unpaired) electrons. The first-order valence-corrected chi connectivity index (χ1v) is 7.39. The zero-order valence-electron chi connectivity index (χ0n) is 10.1. The van der Waals surface area contributed by atoms with Crippen LogP contribution < -0.4 is 0 Å². The topological polar surface area (TPSA) is 35.8 Å². The second-order valence-corrected chi connectivity index (χ2v) is 6.17. The first-order chi connectivity index (χ1) is 8.66. The number of thioether (sulfide) groups is 1. The molecular weight excluding hydrogens is 268 g/mol. The summed E-state index contributed by atoms with van der Waals surface area (Å²) in [6, 6.07) is 7.48. The van der Waals surface area contributed by atoms with Crippen LogP contribution in [-0.4, -0.2) is 33.5 Å². The van der Waals surface area contributed by atoms with Gasteiger partial charge in [0, 0.05) is 17.1 Å². The molecule has 0 unspecified atom stereocenters. The van der Waals surface area contributed by atoms with Crippen LogP contribution in [0.5, 0.6) is 0 Å². The molecule has 1 aromatic carbocycles. The lowest BCUT2D eigenvalue weighted by atomic mass is 9.96. The molecule has 0 spiro atoms. The molecule has 3 rings (SSSR count). The van der Waals surface area contributed by atoms with Crippen LogP contribution in [0.1, 0.15) is 18.9 Å². The predicted molar refractivity (Wildman–Crippen MR) is 76.0 cm³/mol. The normalized spacial score (nSPS) is 30.5. The van der Waals surface area contributed by atoms with Crippen molar-refractivity contribution in [1.29, 1.82) is 0 Å². The van der Waals surface area contributed by atoms with E-state index in [9.17, 15) is 5.11 Å². The van der Waals surface area contributed by atoms with Crippen molar-refractivity contribution in [2.75, 3.05) is 13.1 Å². The molecule has 1 saturated heterocycles. The first-order valence-electron chi connectivity index (χ1n) is 6.13. The zero-order chi connectivity index (χ0) is 12.8. The molecule has 2 aliphatic rings. The van der Waals surface area contributed by atoms with Crippen molar-refractivity contribution in [3.05, 3.63) is 34.9 Å². The van der Waals surface area contributed by atoms with Gasteiger partial charge < -0.3 is 10.0 Å². The summed E-state index contributed by atoms with van der Waals surface area (Å²) in [7, 11) is 0. The number of fused-ring (bicyclic) bond motifs is 1. The molecule has 0 aromatic heterocycles. The van der Waals surface area contributed by atoms with Crippen LogP contribution in [0.3, 0.4) is 0 Å². The van der Waals surface area contributed by atoms with E-state index in [4.69, 9.17) is 11.6 Å². The maximum Gasteiger partial charge on any atom is 0.178 e. The molecule has 0 aliphatic carbocycles. The fourth-order valence-electron chi connectivity index (χ4n) is 2.63. The number of benzene rings is 1. The van der Waals surface area contributed by atoms with Gasteiger partial charge in [-0.2, -0.15) is 0 Å². The second-order valence-electron chi connectivity index (χ2n) is 4.56. The minimum absolute atomic E-state index is 0.123. The molecule has 3 nitrogen and oxygen atoms in total. The quantitative estimate of drug-likeness (QED) is 0.906. The number of halogens is 1. The van der Waals surface area contributed by atoms with Gasteiger partial charge in [0.15, 0.2) is 10.9 Å². The monoisotopic (exact) mass is 282 g/mol. The summed E-state index contributed by atoms with van der Waals surface area (Å²) in [6.45, 7) is 3.66. The lowest BCUT2D eigenvalue weighted by Crippen LogP contribution is -2.47. The maximum absolute atomic E-state index is 11.2. The van der Waals surface area contributed by atoms with Crippen LogP contribution in [-0.2, 0) is 5.72 Å². The molecule has 2 heterocycles. The highest BCUT2D eigenvalue weighted by atomic mass is 35.5. The van der Waals surface area contributed by atoms with E-state index in [1.807, 2.05) is 29.2 Å². The Bertz CT molecular complexity index is 490. The highest BCUT2D eigenvalue weighted by Crippen LogP contribution is 2.47. The highest BCUT2D eigenvalue weighted by Gasteiger charge is 2.52. The van der Waals surface area contributed by atoms with Gasteiger partial charge in [0.2, 0.25) is 0 Å². The van der Waals surface area contributed by atoms with Crippen molar-refractivity contribution < 1.29 is 5.11 Å². The lowest BCUT2D eigenvalue weighted by Gasteiger charge is -2.36. The van der Waals surface area contributed by atoms with E-state index >= 15 is 0 Å². The molecule has 1 N–H and O–H groups in total. The van der Waals surface area contributed by atoms with E-state index in [2.05, 4.69) is 11.9 Å². The van der Waals surface area contributed by atoms with Gasteiger partial charge in [-0.05, 0) is 18.6 Å².